The van der Waals surface area contributed by atoms with Crippen LogP contribution in [0.2, 0.25) is 0 Å². The van der Waals surface area contributed by atoms with Crippen molar-refractivity contribution in [3.8, 4) is 0 Å². The summed E-state index contributed by atoms with van der Waals surface area (Å²) < 4.78 is 61.9. The molecule has 0 radical (unpaired) electrons. The van der Waals surface area contributed by atoms with Crippen LogP contribution in [0.15, 0.2) is 46.2 Å². The molecule has 2 aliphatic heterocycles. The van der Waals surface area contributed by atoms with Crippen molar-refractivity contribution in [2.45, 2.75) is 42.0 Å². The highest BCUT2D eigenvalue weighted by molar-refractivity contribution is 7.91. The highest BCUT2D eigenvalue weighted by Gasteiger charge is 2.47. The normalized spacial score (nSPS) is 17.7. The second-order valence-corrected chi connectivity index (χ2v) is 12.8. The van der Waals surface area contributed by atoms with Gasteiger partial charge in [-0.05, 0) is 54.7 Å². The lowest BCUT2D eigenvalue weighted by molar-refractivity contribution is -0.136. The Morgan fingerprint density at radius 1 is 0.977 bits per heavy atom. The lowest BCUT2D eigenvalue weighted by Gasteiger charge is -2.27. The van der Waals surface area contributed by atoms with Gasteiger partial charge in [-0.25, -0.2) is 0 Å². The monoisotopic (exact) mass is 636 g/mol. The number of piperidine rings is 1. The average molecular weight is 637 g/mol. The summed E-state index contributed by atoms with van der Waals surface area (Å²) >= 11 is -1.67. The second kappa shape index (κ2) is 14.5. The predicted molar refractivity (Wildman–Crippen MR) is 152 cm³/mol. The molecule has 2 aliphatic rings. The van der Waals surface area contributed by atoms with Crippen LogP contribution in [0.1, 0.15) is 44.7 Å². The molecule has 232 valence electrons. The van der Waals surface area contributed by atoms with Gasteiger partial charge in [0.05, 0.1) is 50.1 Å². The van der Waals surface area contributed by atoms with E-state index in [0.717, 1.165) is 10.5 Å². The van der Waals surface area contributed by atoms with Gasteiger partial charge in [0, 0.05) is 6.42 Å². The number of fused-ring (bicyclic) bond motifs is 1. The summed E-state index contributed by atoms with van der Waals surface area (Å²) in [5.74, 6) is -2.50. The number of hydrogen-bond donors (Lipinski definition) is 2. The molecular weight excluding hydrogens is 604 g/mol. The fourth-order valence-corrected chi connectivity index (χ4v) is 6.67. The Labute approximate surface area is 251 Å². The summed E-state index contributed by atoms with van der Waals surface area (Å²) in [5.41, 5.74) is 1.39. The molecule has 13 nitrogen and oxygen atoms in total. The topological polar surface area (TPSA) is 189 Å². The van der Waals surface area contributed by atoms with Crippen molar-refractivity contribution in [1.82, 2.24) is 10.2 Å². The van der Waals surface area contributed by atoms with Gasteiger partial charge >= 0.3 is 0 Å². The van der Waals surface area contributed by atoms with Gasteiger partial charge in [-0.15, -0.1) is 0 Å². The number of aryl methyl sites for hydroxylation is 1. The van der Waals surface area contributed by atoms with Gasteiger partial charge in [0.1, 0.15) is 17.4 Å². The molecule has 43 heavy (non-hydrogen) atoms. The number of hydrogen-bond acceptors (Lipinski definition) is 10. The summed E-state index contributed by atoms with van der Waals surface area (Å²) in [4.78, 5) is 50.7. The molecule has 2 aromatic carbocycles. The lowest BCUT2D eigenvalue weighted by atomic mass is 10.0. The number of rotatable bonds is 15. The average Bonchev–Trinajstić information content (AvgIpc) is 3.20. The van der Waals surface area contributed by atoms with E-state index >= 15 is 0 Å². The van der Waals surface area contributed by atoms with E-state index in [2.05, 4.69) is 5.32 Å². The number of imide groups is 2. The summed E-state index contributed by atoms with van der Waals surface area (Å²) in [6, 6.07) is 8.02. The maximum Gasteiger partial charge on any atom is 0.294 e. The van der Waals surface area contributed by atoms with E-state index in [1.165, 1.54) is 24.3 Å². The highest BCUT2D eigenvalue weighted by atomic mass is 32.2. The number of benzene rings is 2. The van der Waals surface area contributed by atoms with Gasteiger partial charge in [0.15, 0.2) is 4.90 Å². The Bertz CT molecular complexity index is 1500. The van der Waals surface area contributed by atoms with Crippen molar-refractivity contribution < 1.29 is 50.9 Å². The van der Waals surface area contributed by atoms with Gasteiger partial charge in [-0.1, -0.05) is 23.8 Å². The maximum absolute atomic E-state index is 13.2. The van der Waals surface area contributed by atoms with Crippen molar-refractivity contribution in [2.75, 3.05) is 45.4 Å². The first kappa shape index (κ1) is 32.7. The van der Waals surface area contributed by atoms with E-state index < -0.39 is 51.0 Å². The van der Waals surface area contributed by atoms with Crippen LogP contribution >= 0.6 is 0 Å². The molecule has 4 rings (SSSR count). The molecule has 0 spiro atoms. The quantitative estimate of drug-likeness (QED) is 0.123. The van der Waals surface area contributed by atoms with E-state index in [0.29, 0.717) is 12.0 Å². The number of ether oxygens (including phenoxy) is 3. The molecule has 0 aromatic heterocycles. The third-order valence-electron chi connectivity index (χ3n) is 6.84. The summed E-state index contributed by atoms with van der Waals surface area (Å²) in [7, 11) is -4.32. The van der Waals surface area contributed by atoms with Crippen molar-refractivity contribution in [1.29, 1.82) is 0 Å². The zero-order chi connectivity index (χ0) is 31.1. The van der Waals surface area contributed by atoms with Crippen molar-refractivity contribution >= 4 is 44.9 Å². The van der Waals surface area contributed by atoms with Gasteiger partial charge in [-0.2, -0.15) is 8.42 Å². The third kappa shape index (κ3) is 8.06. The van der Waals surface area contributed by atoms with Crippen LogP contribution in [-0.4, -0.2) is 97.5 Å². The molecule has 2 atom stereocenters. The molecule has 15 heteroatoms. The highest BCUT2D eigenvalue weighted by Crippen LogP contribution is 2.32. The van der Waals surface area contributed by atoms with Gasteiger partial charge < -0.3 is 18.8 Å². The molecular formula is C28H32N2O11S2. The number of nitrogens with one attached hydrogen (secondary N) is 1. The first-order valence-corrected chi connectivity index (χ1v) is 16.3. The van der Waals surface area contributed by atoms with Crippen molar-refractivity contribution in [2.24, 2.45) is 0 Å². The zero-order valence-corrected chi connectivity index (χ0v) is 25.0. The van der Waals surface area contributed by atoms with Gasteiger partial charge in [0.25, 0.3) is 21.9 Å². The largest absolute Gasteiger partial charge is 0.611 e. The Kier molecular flexibility index (Phi) is 11.1. The summed E-state index contributed by atoms with van der Waals surface area (Å²) in [6.07, 6.45) is 0.337. The molecule has 0 saturated carbocycles. The molecule has 0 bridgehead atoms. The van der Waals surface area contributed by atoms with Crippen LogP contribution < -0.4 is 5.32 Å². The number of carbonyl (C=O) groups is 4. The molecule has 1 saturated heterocycles. The maximum atomic E-state index is 13.2. The van der Waals surface area contributed by atoms with Crippen LogP contribution in [0.5, 0.6) is 0 Å². The first-order valence-electron chi connectivity index (χ1n) is 13.5. The molecule has 2 heterocycles. The van der Waals surface area contributed by atoms with Crippen LogP contribution in [0.25, 0.3) is 0 Å². The molecule has 2 N–H and O–H groups in total. The minimum Gasteiger partial charge on any atom is -0.611 e. The smallest absolute Gasteiger partial charge is 0.294 e. The predicted octanol–water partition coefficient (Wildman–Crippen LogP) is 1.04. The van der Waals surface area contributed by atoms with Crippen molar-refractivity contribution in [3.63, 3.8) is 0 Å². The van der Waals surface area contributed by atoms with E-state index in [9.17, 15) is 36.7 Å². The first-order chi connectivity index (χ1) is 20.5. The Morgan fingerprint density at radius 2 is 1.65 bits per heavy atom. The fourth-order valence-electron chi connectivity index (χ4n) is 4.80. The zero-order valence-electron chi connectivity index (χ0n) is 23.4. The Balaban J connectivity index is 1.15. The SMILES string of the molecule is Cc1ccc(S(=O)(=O)O)c(CCOCCOCCOCC[S+]([O-])c2cccc3c2C(=O)N(C2CCC(=O)NC2=O)C3=O)c1. The van der Waals surface area contributed by atoms with E-state index in [1.807, 2.05) is 6.92 Å². The molecule has 1 fully saturated rings. The molecule has 2 unspecified atom stereocenters. The minimum atomic E-state index is -4.32. The van der Waals surface area contributed by atoms with Crippen LogP contribution in [-0.2, 0) is 51.5 Å². The van der Waals surface area contributed by atoms with Crippen molar-refractivity contribution in [3.05, 3.63) is 58.7 Å². The Hall–Kier alpha value is -3.18. The van der Waals surface area contributed by atoms with E-state index in [4.69, 9.17) is 14.2 Å². The fraction of sp³-hybridized carbons (Fsp3) is 0.429. The summed E-state index contributed by atoms with van der Waals surface area (Å²) in [5, 5.41) is 2.14. The lowest BCUT2D eigenvalue weighted by Crippen LogP contribution is -2.54. The van der Waals surface area contributed by atoms with Crippen LogP contribution in [0.3, 0.4) is 0 Å². The molecule has 0 aliphatic carbocycles. The summed E-state index contributed by atoms with van der Waals surface area (Å²) in [6.45, 7) is 3.15. The Morgan fingerprint density at radius 3 is 2.33 bits per heavy atom. The van der Waals surface area contributed by atoms with E-state index in [1.54, 1.807) is 12.1 Å². The standard InChI is InChI=1S/C28H32N2O11S2/c1-18-5-7-23(43(36,37)38)19(17-18)9-10-39-11-12-40-13-14-41-15-16-42(35)22-4-2-3-20-25(22)28(34)30(27(20)33)21-6-8-24(31)29-26(21)32/h2-5,7,17,21H,6,8-16H2,1H3,(H,29,31,32)(H,36,37,38). The number of carbonyl (C=O) groups excluding carboxylic acids is 4. The van der Waals surface area contributed by atoms with Gasteiger partial charge in [-0.3, -0.25) is 33.9 Å². The minimum absolute atomic E-state index is 0.00419. The number of amides is 4. The number of nitrogens with zero attached hydrogens (tertiary/aromatic N) is 1. The molecule has 2 aromatic rings. The second-order valence-electron chi connectivity index (χ2n) is 9.85. The van der Waals surface area contributed by atoms with Crippen LogP contribution in [0, 0.1) is 6.92 Å². The van der Waals surface area contributed by atoms with Crippen LogP contribution in [0.4, 0.5) is 0 Å². The molecule has 4 amide bonds. The third-order valence-corrected chi connectivity index (χ3v) is 9.16. The van der Waals surface area contributed by atoms with E-state index in [-0.39, 0.29) is 79.2 Å². The van der Waals surface area contributed by atoms with Gasteiger partial charge in [0.2, 0.25) is 11.8 Å².